The van der Waals surface area contributed by atoms with Crippen LogP contribution >= 0.6 is 11.8 Å². The number of carbonyl (C=O) groups is 2. The number of ether oxygens (including phenoxy) is 4. The largest absolute Gasteiger partial charge is 0.486 e. The Bertz CT molecular complexity index is 1620. The van der Waals surface area contributed by atoms with E-state index in [0.717, 1.165) is 5.56 Å². The maximum atomic E-state index is 13.5. The average Bonchev–Trinajstić information content (AvgIpc) is 2.98. The van der Waals surface area contributed by atoms with Crippen molar-refractivity contribution >= 4 is 34.8 Å². The third-order valence-corrected chi connectivity index (χ3v) is 7.13. The lowest BCUT2D eigenvalue weighted by Gasteiger charge is -2.19. The Morgan fingerprint density at radius 3 is 2.56 bits per heavy atom. The first-order valence-electron chi connectivity index (χ1n) is 13.1. The van der Waals surface area contributed by atoms with Gasteiger partial charge in [0.15, 0.2) is 11.5 Å². The Balaban J connectivity index is 1.32. The minimum atomic E-state index is -0.923. The van der Waals surface area contributed by atoms with Gasteiger partial charge in [-0.3, -0.25) is 4.79 Å². The monoisotopic (exact) mass is 575 g/mol. The van der Waals surface area contributed by atoms with Gasteiger partial charge in [0.2, 0.25) is 5.43 Å². The molecule has 0 saturated heterocycles. The van der Waals surface area contributed by atoms with Crippen molar-refractivity contribution in [3.63, 3.8) is 0 Å². The number of esters is 1. The molecule has 10 heteroatoms. The van der Waals surface area contributed by atoms with E-state index < -0.39 is 18.1 Å². The summed E-state index contributed by atoms with van der Waals surface area (Å²) in [6, 6.07) is 18.2. The normalized spacial score (nSPS) is 12.9. The molecule has 212 valence electrons. The predicted octanol–water partition coefficient (Wildman–Crippen LogP) is 5.49. The molecule has 0 bridgehead atoms. The van der Waals surface area contributed by atoms with Crippen LogP contribution in [-0.4, -0.2) is 43.3 Å². The number of alkyl carbamates (subject to hydrolysis) is 1. The molecule has 9 nitrogen and oxygen atoms in total. The first-order valence-corrected chi connectivity index (χ1v) is 14.5. The van der Waals surface area contributed by atoms with Crippen LogP contribution in [-0.2, 0) is 16.1 Å². The topological polar surface area (TPSA) is 113 Å². The minimum absolute atomic E-state index is 0.0777. The first-order chi connectivity index (χ1) is 19.9. The number of nitrogens with one attached hydrogen (secondary N) is 1. The number of rotatable bonds is 9. The lowest BCUT2D eigenvalue weighted by molar-refractivity contribution is -0.136. The van der Waals surface area contributed by atoms with Crippen LogP contribution in [0, 0.1) is 6.92 Å². The summed E-state index contributed by atoms with van der Waals surface area (Å²) >= 11 is 1.54. The number of aryl methyl sites for hydroxylation is 1. The van der Waals surface area contributed by atoms with Crippen molar-refractivity contribution < 1.29 is 33.0 Å². The predicted molar refractivity (Wildman–Crippen MR) is 156 cm³/mol. The molecular weight excluding hydrogens is 546 g/mol. The standard InChI is InChI=1S/C31H29NO8S/c1-19-28(21-8-11-25-27(16-21)37-14-13-36-25)29(33)23-10-9-22(17-26(23)39-19)40-30(34)24(12-15-41-2)32-31(35)38-18-20-6-4-3-5-7-20/h3-11,16-17,24H,12-15,18H2,1-2H3,(H,32,35)/t24-/m1/s1. The Morgan fingerprint density at radius 1 is 1.00 bits per heavy atom. The minimum Gasteiger partial charge on any atom is -0.486 e. The van der Waals surface area contributed by atoms with Crippen molar-refractivity contribution in [1.29, 1.82) is 0 Å². The fourth-order valence-electron chi connectivity index (χ4n) is 4.46. The molecule has 1 atom stereocenters. The van der Waals surface area contributed by atoms with Crippen LogP contribution < -0.4 is 25.0 Å². The summed E-state index contributed by atoms with van der Waals surface area (Å²) in [6.07, 6.45) is 1.54. The number of thioether (sulfide) groups is 1. The van der Waals surface area contributed by atoms with Gasteiger partial charge in [-0.05, 0) is 60.7 Å². The van der Waals surface area contributed by atoms with E-state index in [9.17, 15) is 14.4 Å². The molecule has 0 radical (unpaired) electrons. The summed E-state index contributed by atoms with van der Waals surface area (Å²) in [4.78, 5) is 38.9. The van der Waals surface area contributed by atoms with Gasteiger partial charge in [0.25, 0.3) is 0 Å². The fraction of sp³-hybridized carbons (Fsp3) is 0.258. The highest BCUT2D eigenvalue weighted by Crippen LogP contribution is 2.35. The fourth-order valence-corrected chi connectivity index (χ4v) is 4.93. The van der Waals surface area contributed by atoms with Gasteiger partial charge in [-0.2, -0.15) is 11.8 Å². The molecule has 0 spiro atoms. The molecule has 1 N–H and O–H groups in total. The lowest BCUT2D eigenvalue weighted by Crippen LogP contribution is -2.43. The third kappa shape index (κ3) is 6.66. The molecule has 3 aromatic carbocycles. The maximum absolute atomic E-state index is 13.5. The SMILES string of the molecule is CSCC[C@@H](NC(=O)OCc1ccccc1)C(=O)Oc1ccc2c(=O)c(-c3ccc4c(c3)OCCO4)c(C)oc2c1. The quantitative estimate of drug-likeness (QED) is 0.204. The molecule has 41 heavy (non-hydrogen) atoms. The zero-order valence-electron chi connectivity index (χ0n) is 22.6. The van der Waals surface area contributed by atoms with Crippen LogP contribution in [0.2, 0.25) is 0 Å². The summed E-state index contributed by atoms with van der Waals surface area (Å²) in [7, 11) is 0. The Labute approximate surface area is 240 Å². The van der Waals surface area contributed by atoms with Crippen molar-refractivity contribution in [2.24, 2.45) is 0 Å². The molecule has 1 amide bonds. The van der Waals surface area contributed by atoms with Gasteiger partial charge in [0.05, 0.1) is 10.9 Å². The van der Waals surface area contributed by atoms with Crippen LogP contribution in [0.15, 0.2) is 75.9 Å². The van der Waals surface area contributed by atoms with Crippen molar-refractivity contribution in [3.8, 4) is 28.4 Å². The van der Waals surface area contributed by atoms with E-state index in [2.05, 4.69) is 5.32 Å². The average molecular weight is 576 g/mol. The van der Waals surface area contributed by atoms with E-state index in [-0.39, 0.29) is 23.4 Å². The Kier molecular flexibility index (Phi) is 8.79. The summed E-state index contributed by atoms with van der Waals surface area (Å²) in [6.45, 7) is 2.69. The smallest absolute Gasteiger partial charge is 0.408 e. The highest BCUT2D eigenvalue weighted by atomic mass is 32.2. The van der Waals surface area contributed by atoms with E-state index >= 15 is 0 Å². The van der Waals surface area contributed by atoms with E-state index in [0.29, 0.717) is 59.2 Å². The zero-order chi connectivity index (χ0) is 28.8. The van der Waals surface area contributed by atoms with Gasteiger partial charge in [-0.25, -0.2) is 9.59 Å². The van der Waals surface area contributed by atoms with Crippen molar-refractivity contribution in [3.05, 3.63) is 88.3 Å². The van der Waals surface area contributed by atoms with Crippen LogP contribution in [0.1, 0.15) is 17.7 Å². The van der Waals surface area contributed by atoms with E-state index in [1.54, 1.807) is 31.2 Å². The van der Waals surface area contributed by atoms with E-state index in [1.807, 2.05) is 36.6 Å². The highest BCUT2D eigenvalue weighted by Gasteiger charge is 2.24. The van der Waals surface area contributed by atoms with Gasteiger partial charge in [0, 0.05) is 6.07 Å². The number of hydrogen-bond acceptors (Lipinski definition) is 9. The number of carbonyl (C=O) groups excluding carboxylic acids is 2. The second kappa shape index (κ2) is 12.8. The summed E-state index contributed by atoms with van der Waals surface area (Å²) in [5, 5.41) is 2.94. The molecule has 0 fully saturated rings. The summed E-state index contributed by atoms with van der Waals surface area (Å²) in [5.74, 6) is 1.76. The first kappa shape index (κ1) is 28.1. The highest BCUT2D eigenvalue weighted by molar-refractivity contribution is 7.98. The van der Waals surface area contributed by atoms with Gasteiger partial charge in [-0.1, -0.05) is 36.4 Å². The number of amides is 1. The van der Waals surface area contributed by atoms with E-state index in [1.165, 1.54) is 23.9 Å². The van der Waals surface area contributed by atoms with Crippen LogP contribution in [0.3, 0.4) is 0 Å². The molecule has 0 unspecified atom stereocenters. The molecule has 5 rings (SSSR count). The second-order valence-electron chi connectivity index (χ2n) is 9.34. The molecule has 2 heterocycles. The summed E-state index contributed by atoms with van der Waals surface area (Å²) in [5.41, 5.74) is 1.94. The van der Waals surface area contributed by atoms with Crippen LogP contribution in [0.4, 0.5) is 4.79 Å². The van der Waals surface area contributed by atoms with Crippen molar-refractivity contribution in [1.82, 2.24) is 5.32 Å². The molecule has 0 saturated carbocycles. The van der Waals surface area contributed by atoms with Gasteiger partial charge >= 0.3 is 12.1 Å². The summed E-state index contributed by atoms with van der Waals surface area (Å²) < 4.78 is 28.1. The second-order valence-corrected chi connectivity index (χ2v) is 10.3. The third-order valence-electron chi connectivity index (χ3n) is 6.49. The molecule has 1 aromatic heterocycles. The Morgan fingerprint density at radius 2 is 1.78 bits per heavy atom. The lowest BCUT2D eigenvalue weighted by atomic mass is 10.0. The molecule has 4 aromatic rings. The van der Waals surface area contributed by atoms with Gasteiger partial charge in [-0.15, -0.1) is 0 Å². The van der Waals surface area contributed by atoms with Crippen LogP contribution in [0.25, 0.3) is 22.1 Å². The van der Waals surface area contributed by atoms with Crippen molar-refractivity contribution in [2.75, 3.05) is 25.2 Å². The molecule has 1 aliphatic heterocycles. The molecule has 1 aliphatic rings. The Hall–Kier alpha value is -4.44. The van der Waals surface area contributed by atoms with Crippen molar-refractivity contribution in [2.45, 2.75) is 26.0 Å². The maximum Gasteiger partial charge on any atom is 0.408 e. The van der Waals surface area contributed by atoms with Gasteiger partial charge < -0.3 is 28.7 Å². The molecule has 0 aliphatic carbocycles. The number of fused-ring (bicyclic) bond motifs is 2. The van der Waals surface area contributed by atoms with Gasteiger partial charge in [0.1, 0.15) is 43.0 Å². The molecular formula is C31H29NO8S. The number of benzene rings is 3. The van der Waals surface area contributed by atoms with E-state index in [4.69, 9.17) is 23.4 Å². The zero-order valence-corrected chi connectivity index (χ0v) is 23.5. The van der Waals surface area contributed by atoms with Crippen LogP contribution in [0.5, 0.6) is 17.2 Å². The number of hydrogen-bond donors (Lipinski definition) is 1.